The van der Waals surface area contributed by atoms with E-state index in [0.29, 0.717) is 24.5 Å². The number of nitrogens with one attached hydrogen (secondary N) is 1. The number of hydrogen-bond donors (Lipinski definition) is 3. The maximum Gasteiger partial charge on any atom is 0.322 e. The number of carboxylic acid groups (broad SMARTS) is 1. The van der Waals surface area contributed by atoms with Gasteiger partial charge < -0.3 is 20.1 Å². The van der Waals surface area contributed by atoms with E-state index in [1.54, 1.807) is 22.9 Å². The minimum atomic E-state index is -1.21. The summed E-state index contributed by atoms with van der Waals surface area (Å²) in [5.74, 6) is -2.36. The topological polar surface area (TPSA) is 109 Å². The predicted octanol–water partition coefficient (Wildman–Crippen LogP) is 1.60. The smallest absolute Gasteiger partial charge is 0.322 e. The molecule has 0 radical (unpaired) electrons. The van der Waals surface area contributed by atoms with Crippen LogP contribution >= 0.6 is 0 Å². The Hall–Kier alpha value is -2.57. The maximum absolute atomic E-state index is 12.6. The van der Waals surface area contributed by atoms with Crippen molar-refractivity contribution in [2.45, 2.75) is 38.1 Å². The third kappa shape index (κ3) is 2.40. The Bertz CT molecular complexity index is 738. The van der Waals surface area contributed by atoms with Crippen LogP contribution in [0.4, 0.5) is 0 Å². The van der Waals surface area contributed by atoms with Gasteiger partial charge in [0.1, 0.15) is 23.4 Å². The Morgan fingerprint density at radius 3 is 2.67 bits per heavy atom. The molecule has 1 aliphatic heterocycles. The summed E-state index contributed by atoms with van der Waals surface area (Å²) in [4.78, 5) is 35.6. The first-order chi connectivity index (χ1) is 11.4. The van der Waals surface area contributed by atoms with E-state index in [9.17, 15) is 19.5 Å². The van der Waals surface area contributed by atoms with Gasteiger partial charge in [-0.3, -0.25) is 14.4 Å². The molecule has 128 valence electrons. The lowest BCUT2D eigenvalue weighted by molar-refractivity contribution is -0.137. The average molecular weight is 332 g/mol. The van der Waals surface area contributed by atoms with Crippen LogP contribution < -0.4 is 5.32 Å². The van der Waals surface area contributed by atoms with Gasteiger partial charge in [0.15, 0.2) is 0 Å². The van der Waals surface area contributed by atoms with Crippen LogP contribution in [0, 0.1) is 5.92 Å². The second kappa shape index (κ2) is 5.81. The van der Waals surface area contributed by atoms with Crippen molar-refractivity contribution in [2.75, 3.05) is 6.54 Å². The number of aliphatic hydroxyl groups is 1. The van der Waals surface area contributed by atoms with Crippen molar-refractivity contribution in [1.29, 1.82) is 0 Å². The van der Waals surface area contributed by atoms with Crippen LogP contribution in [0.25, 0.3) is 0 Å². The molecule has 7 heteroatoms. The Labute approximate surface area is 139 Å². The first-order valence-corrected chi connectivity index (χ1v) is 8.03. The van der Waals surface area contributed by atoms with E-state index in [1.165, 1.54) is 0 Å². The SMILES string of the molecule is C[C@H]1CC[C@]2(CC1)C(O)=C(C(=O)NCC(=O)O)C(=O)c1cccn12. The second-order valence-corrected chi connectivity index (χ2v) is 6.61. The number of nitrogens with zero attached hydrogens (tertiary/aromatic N) is 1. The van der Waals surface area contributed by atoms with Crippen molar-refractivity contribution >= 4 is 17.7 Å². The van der Waals surface area contributed by atoms with E-state index in [0.717, 1.165) is 12.8 Å². The number of carbonyl (C=O) groups excluding carboxylic acids is 2. The van der Waals surface area contributed by atoms with Gasteiger partial charge in [0.2, 0.25) is 5.78 Å². The van der Waals surface area contributed by atoms with Gasteiger partial charge in [-0.2, -0.15) is 0 Å². The van der Waals surface area contributed by atoms with Gasteiger partial charge in [0, 0.05) is 6.20 Å². The molecule has 1 aromatic heterocycles. The Kier molecular flexibility index (Phi) is 3.95. The molecule has 0 unspecified atom stereocenters. The first-order valence-electron chi connectivity index (χ1n) is 8.03. The number of ketones is 1. The third-order valence-electron chi connectivity index (χ3n) is 5.08. The number of Topliss-reactive ketones (excluding diaryl/α,β-unsaturated/α-hetero) is 1. The van der Waals surface area contributed by atoms with Crippen molar-refractivity contribution in [2.24, 2.45) is 5.92 Å². The number of hydrogen-bond acceptors (Lipinski definition) is 4. The normalized spacial score (nSPS) is 26.4. The lowest BCUT2D eigenvalue weighted by Crippen LogP contribution is -2.47. The van der Waals surface area contributed by atoms with Crippen molar-refractivity contribution in [3.05, 3.63) is 35.4 Å². The summed E-state index contributed by atoms with van der Waals surface area (Å²) in [6.07, 6.45) is 4.76. The van der Waals surface area contributed by atoms with Crippen molar-refractivity contribution in [3.63, 3.8) is 0 Å². The zero-order chi connectivity index (χ0) is 17.5. The number of carbonyl (C=O) groups is 3. The minimum Gasteiger partial charge on any atom is -0.509 e. The lowest BCUT2D eigenvalue weighted by Gasteiger charge is -2.43. The van der Waals surface area contributed by atoms with E-state index in [-0.39, 0.29) is 11.3 Å². The molecule has 1 spiro atoms. The molecule has 1 aromatic rings. The summed E-state index contributed by atoms with van der Waals surface area (Å²) in [6, 6.07) is 3.34. The molecule has 2 heterocycles. The summed E-state index contributed by atoms with van der Waals surface area (Å²) >= 11 is 0. The largest absolute Gasteiger partial charge is 0.509 e. The van der Waals surface area contributed by atoms with Gasteiger partial charge >= 0.3 is 5.97 Å². The van der Waals surface area contributed by atoms with Crippen LogP contribution in [-0.2, 0) is 15.1 Å². The molecular formula is C17H20N2O5. The summed E-state index contributed by atoms with van der Waals surface area (Å²) in [6.45, 7) is 1.53. The lowest BCUT2D eigenvalue weighted by atomic mass is 9.72. The fraction of sp³-hybridized carbons (Fsp3) is 0.471. The number of amides is 1. The Morgan fingerprint density at radius 2 is 2.04 bits per heavy atom. The highest BCUT2D eigenvalue weighted by Crippen LogP contribution is 2.46. The molecule has 1 fully saturated rings. The van der Waals surface area contributed by atoms with Crippen LogP contribution in [0.15, 0.2) is 29.7 Å². The van der Waals surface area contributed by atoms with E-state index in [2.05, 4.69) is 12.2 Å². The summed E-state index contributed by atoms with van der Waals surface area (Å²) in [5, 5.41) is 21.7. The quantitative estimate of drug-likeness (QED) is 0.729. The third-order valence-corrected chi connectivity index (χ3v) is 5.08. The number of carboxylic acids is 1. The molecule has 3 rings (SSSR count). The van der Waals surface area contributed by atoms with Gasteiger partial charge in [0.25, 0.3) is 5.91 Å². The van der Waals surface area contributed by atoms with Gasteiger partial charge in [-0.15, -0.1) is 0 Å². The maximum atomic E-state index is 12.6. The molecule has 24 heavy (non-hydrogen) atoms. The van der Waals surface area contributed by atoms with E-state index in [4.69, 9.17) is 5.11 Å². The molecule has 0 aromatic carbocycles. The van der Waals surface area contributed by atoms with Crippen LogP contribution in [0.1, 0.15) is 43.1 Å². The number of aromatic nitrogens is 1. The zero-order valence-electron chi connectivity index (χ0n) is 13.4. The van der Waals surface area contributed by atoms with Gasteiger partial charge in [0.05, 0.1) is 5.69 Å². The van der Waals surface area contributed by atoms with Gasteiger partial charge in [-0.25, -0.2) is 0 Å². The molecular weight excluding hydrogens is 312 g/mol. The highest BCUT2D eigenvalue weighted by molar-refractivity contribution is 6.26. The first kappa shape index (κ1) is 16.3. The number of allylic oxidation sites excluding steroid dienone is 1. The molecule has 1 aliphatic carbocycles. The fourth-order valence-corrected chi connectivity index (χ4v) is 3.69. The summed E-state index contributed by atoms with van der Waals surface area (Å²) in [7, 11) is 0. The molecule has 3 N–H and O–H groups in total. The fourth-order valence-electron chi connectivity index (χ4n) is 3.69. The van der Waals surface area contributed by atoms with Crippen molar-refractivity contribution in [1.82, 2.24) is 9.88 Å². The second-order valence-electron chi connectivity index (χ2n) is 6.61. The van der Waals surface area contributed by atoms with Crippen LogP contribution in [0.3, 0.4) is 0 Å². The summed E-state index contributed by atoms with van der Waals surface area (Å²) in [5.41, 5.74) is -0.783. The van der Waals surface area contributed by atoms with Crippen LogP contribution in [0.5, 0.6) is 0 Å². The number of fused-ring (bicyclic) bond motifs is 2. The average Bonchev–Trinajstić information content (AvgIpc) is 3.03. The molecule has 0 saturated heterocycles. The van der Waals surface area contributed by atoms with Crippen LogP contribution in [0.2, 0.25) is 0 Å². The van der Waals surface area contributed by atoms with E-state index >= 15 is 0 Å². The Morgan fingerprint density at radius 1 is 1.38 bits per heavy atom. The molecule has 7 nitrogen and oxygen atoms in total. The Balaban J connectivity index is 2.05. The molecule has 2 aliphatic rings. The van der Waals surface area contributed by atoms with Crippen molar-refractivity contribution < 1.29 is 24.6 Å². The zero-order valence-corrected chi connectivity index (χ0v) is 13.4. The van der Waals surface area contributed by atoms with E-state index < -0.39 is 29.7 Å². The molecule has 0 bridgehead atoms. The van der Waals surface area contributed by atoms with Crippen LogP contribution in [-0.4, -0.2) is 39.0 Å². The standard InChI is InChI=1S/C17H20N2O5/c1-10-4-6-17(7-5-10)15(23)13(16(24)18-9-12(20)21)14(22)11-3-2-8-19(11)17/h2-3,8,10,23H,4-7,9H2,1H3,(H,18,24)(H,20,21)/t10-,17-. The summed E-state index contributed by atoms with van der Waals surface area (Å²) < 4.78 is 1.77. The molecule has 1 amide bonds. The van der Waals surface area contributed by atoms with E-state index in [1.807, 2.05) is 0 Å². The molecule has 1 saturated carbocycles. The highest BCUT2D eigenvalue weighted by Gasteiger charge is 2.48. The number of aliphatic hydroxyl groups excluding tert-OH is 1. The minimum absolute atomic E-state index is 0.244. The monoisotopic (exact) mass is 332 g/mol. The predicted molar refractivity (Wildman–Crippen MR) is 84.7 cm³/mol. The van der Waals surface area contributed by atoms with Gasteiger partial charge in [-0.1, -0.05) is 6.92 Å². The highest BCUT2D eigenvalue weighted by atomic mass is 16.4. The number of aliphatic carboxylic acids is 1. The van der Waals surface area contributed by atoms with Crippen molar-refractivity contribution in [3.8, 4) is 0 Å². The van der Waals surface area contributed by atoms with Gasteiger partial charge in [-0.05, 0) is 43.7 Å². The molecule has 0 atom stereocenters. The number of rotatable bonds is 3.